The highest BCUT2D eigenvalue weighted by Gasteiger charge is 2.52. The summed E-state index contributed by atoms with van der Waals surface area (Å²) < 4.78 is 13.1. The molecule has 0 bridgehead atoms. The molecule has 0 unspecified atom stereocenters. The van der Waals surface area contributed by atoms with Crippen molar-refractivity contribution in [3.05, 3.63) is 150 Å². The first-order chi connectivity index (χ1) is 21.3. The van der Waals surface area contributed by atoms with Gasteiger partial charge in [0, 0.05) is 5.92 Å². The first-order valence-corrected chi connectivity index (χ1v) is 15.6. The van der Waals surface area contributed by atoms with Crippen LogP contribution in [-0.2, 0) is 9.31 Å². The Morgan fingerprint density at radius 2 is 1.02 bits per heavy atom. The molecule has 0 saturated carbocycles. The van der Waals surface area contributed by atoms with E-state index in [1.165, 1.54) is 49.7 Å². The van der Waals surface area contributed by atoms with Crippen LogP contribution in [0.2, 0.25) is 0 Å². The summed E-state index contributed by atoms with van der Waals surface area (Å²) in [7, 11) is -0.439. The molecule has 1 heterocycles. The Balaban J connectivity index is 1.29. The summed E-state index contributed by atoms with van der Waals surface area (Å²) in [5.74, 6) is 0.201. The van der Waals surface area contributed by atoms with Gasteiger partial charge in [-0.25, -0.2) is 0 Å². The fraction of sp³-hybridized carbons (Fsp3) is 0.171. The van der Waals surface area contributed by atoms with E-state index < -0.39 is 18.3 Å². The SMILES string of the molecule is CC1(C)OB(c2ccc(-c3ccc(C4c5ccccc5-c5ccccc54)c4ccccc34)cc2-c2ccccc2)OC1(C)C. The maximum absolute atomic E-state index is 6.54. The van der Waals surface area contributed by atoms with E-state index in [1.807, 2.05) is 0 Å². The third kappa shape index (κ3) is 4.18. The normalized spacial score (nSPS) is 16.7. The lowest BCUT2D eigenvalue weighted by molar-refractivity contribution is 0.00578. The van der Waals surface area contributed by atoms with Gasteiger partial charge in [0.25, 0.3) is 0 Å². The number of benzene rings is 6. The van der Waals surface area contributed by atoms with Gasteiger partial charge >= 0.3 is 7.12 Å². The van der Waals surface area contributed by atoms with Crippen LogP contribution in [-0.4, -0.2) is 18.3 Å². The lowest BCUT2D eigenvalue weighted by Gasteiger charge is -2.32. The van der Waals surface area contributed by atoms with Crippen molar-refractivity contribution in [3.63, 3.8) is 0 Å². The average molecular weight is 571 g/mol. The molecule has 0 aromatic heterocycles. The summed E-state index contributed by atoms with van der Waals surface area (Å²) in [6.07, 6.45) is 0. The molecule has 0 amide bonds. The summed E-state index contributed by atoms with van der Waals surface area (Å²) in [5, 5.41) is 2.55. The van der Waals surface area contributed by atoms with Gasteiger partial charge in [-0.1, -0.05) is 127 Å². The molecule has 0 radical (unpaired) electrons. The molecule has 0 atom stereocenters. The van der Waals surface area contributed by atoms with Crippen LogP contribution in [0.3, 0.4) is 0 Å². The van der Waals surface area contributed by atoms with Gasteiger partial charge in [-0.3, -0.25) is 0 Å². The molecule has 3 heteroatoms. The van der Waals surface area contributed by atoms with E-state index in [0.29, 0.717) is 0 Å². The van der Waals surface area contributed by atoms with Crippen LogP contribution in [0.4, 0.5) is 0 Å². The van der Waals surface area contributed by atoms with Gasteiger partial charge < -0.3 is 9.31 Å². The molecule has 8 rings (SSSR count). The van der Waals surface area contributed by atoms with E-state index in [0.717, 1.165) is 16.6 Å². The molecule has 1 aliphatic heterocycles. The summed E-state index contributed by atoms with van der Waals surface area (Å²) in [5.41, 5.74) is 11.7. The molecule has 1 aliphatic carbocycles. The fourth-order valence-corrected chi connectivity index (χ4v) is 7.08. The second-order valence-electron chi connectivity index (χ2n) is 13.1. The topological polar surface area (TPSA) is 18.5 Å². The lowest BCUT2D eigenvalue weighted by atomic mass is 9.73. The van der Waals surface area contributed by atoms with Crippen LogP contribution in [0, 0.1) is 0 Å². The summed E-state index contributed by atoms with van der Waals surface area (Å²) >= 11 is 0. The van der Waals surface area contributed by atoms with Gasteiger partial charge in [0.15, 0.2) is 0 Å². The minimum absolute atomic E-state index is 0.201. The van der Waals surface area contributed by atoms with Gasteiger partial charge in [0.1, 0.15) is 0 Å². The Morgan fingerprint density at radius 1 is 0.455 bits per heavy atom. The largest absolute Gasteiger partial charge is 0.495 e. The predicted octanol–water partition coefficient (Wildman–Crippen LogP) is 9.63. The van der Waals surface area contributed by atoms with Crippen molar-refractivity contribution in [2.45, 2.75) is 44.8 Å². The first kappa shape index (κ1) is 27.1. The third-order valence-corrected chi connectivity index (χ3v) is 10.1. The maximum Gasteiger partial charge on any atom is 0.495 e. The minimum atomic E-state index is -0.439. The second kappa shape index (κ2) is 10.1. The van der Waals surface area contributed by atoms with E-state index in [1.54, 1.807) is 0 Å². The van der Waals surface area contributed by atoms with Gasteiger partial charge in [0.2, 0.25) is 0 Å². The second-order valence-corrected chi connectivity index (χ2v) is 13.1. The molecule has 1 fully saturated rings. The third-order valence-electron chi connectivity index (χ3n) is 10.1. The molecule has 1 saturated heterocycles. The highest BCUT2D eigenvalue weighted by atomic mass is 16.7. The monoisotopic (exact) mass is 570 g/mol. The maximum atomic E-state index is 6.54. The standard InChI is InChI=1S/C41H35BO2/c1-40(2)41(3,4)44-42(43-40)38-25-22-28(26-37(38)27-14-6-5-7-15-27)29-23-24-36(31-17-9-8-16-30(29)31)39-34-20-12-10-18-32(34)33-19-11-13-21-35(33)39/h5-26,39H,1-4H3. The molecule has 6 aromatic rings. The molecule has 6 aromatic carbocycles. The molecule has 214 valence electrons. The van der Waals surface area contributed by atoms with Crippen LogP contribution in [0.25, 0.3) is 44.2 Å². The lowest BCUT2D eigenvalue weighted by Crippen LogP contribution is -2.41. The molecule has 2 aliphatic rings. The van der Waals surface area contributed by atoms with Crippen LogP contribution in [0.1, 0.15) is 50.3 Å². The highest BCUT2D eigenvalue weighted by molar-refractivity contribution is 6.64. The summed E-state index contributed by atoms with van der Waals surface area (Å²) in [6.45, 7) is 8.44. The fourth-order valence-electron chi connectivity index (χ4n) is 7.08. The van der Waals surface area contributed by atoms with Crippen LogP contribution in [0.15, 0.2) is 133 Å². The molecule has 0 N–H and O–H groups in total. The van der Waals surface area contributed by atoms with E-state index in [-0.39, 0.29) is 5.92 Å². The molecule has 2 nitrogen and oxygen atoms in total. The van der Waals surface area contributed by atoms with Crippen molar-refractivity contribution in [1.29, 1.82) is 0 Å². The van der Waals surface area contributed by atoms with E-state index in [4.69, 9.17) is 9.31 Å². The van der Waals surface area contributed by atoms with Crippen LogP contribution in [0.5, 0.6) is 0 Å². The average Bonchev–Trinajstić information content (AvgIpc) is 3.49. The van der Waals surface area contributed by atoms with Crippen molar-refractivity contribution in [3.8, 4) is 33.4 Å². The van der Waals surface area contributed by atoms with E-state index in [9.17, 15) is 0 Å². The zero-order chi connectivity index (χ0) is 30.1. The van der Waals surface area contributed by atoms with Gasteiger partial charge in [-0.15, -0.1) is 0 Å². The number of hydrogen-bond donors (Lipinski definition) is 0. The number of rotatable bonds is 4. The predicted molar refractivity (Wildman–Crippen MR) is 183 cm³/mol. The van der Waals surface area contributed by atoms with Crippen molar-refractivity contribution < 1.29 is 9.31 Å². The number of fused-ring (bicyclic) bond motifs is 4. The number of hydrogen-bond acceptors (Lipinski definition) is 2. The van der Waals surface area contributed by atoms with Crippen molar-refractivity contribution in [2.75, 3.05) is 0 Å². The summed E-state index contributed by atoms with van der Waals surface area (Å²) in [4.78, 5) is 0. The van der Waals surface area contributed by atoms with Gasteiger partial charge in [-0.2, -0.15) is 0 Å². The first-order valence-electron chi connectivity index (χ1n) is 15.6. The Morgan fingerprint density at radius 3 is 1.68 bits per heavy atom. The Labute approximate surface area is 260 Å². The van der Waals surface area contributed by atoms with Crippen molar-refractivity contribution >= 4 is 23.4 Å². The van der Waals surface area contributed by atoms with E-state index >= 15 is 0 Å². The van der Waals surface area contributed by atoms with Crippen LogP contribution < -0.4 is 5.46 Å². The molecular formula is C41H35BO2. The zero-order valence-corrected chi connectivity index (χ0v) is 25.7. The van der Waals surface area contributed by atoms with Crippen LogP contribution >= 0.6 is 0 Å². The van der Waals surface area contributed by atoms with Gasteiger partial charge in [-0.05, 0) is 100 Å². The van der Waals surface area contributed by atoms with Gasteiger partial charge in [0.05, 0.1) is 11.2 Å². The summed E-state index contributed by atoms with van der Waals surface area (Å²) in [6, 6.07) is 48.6. The van der Waals surface area contributed by atoms with E-state index in [2.05, 4.69) is 161 Å². The van der Waals surface area contributed by atoms with Crippen molar-refractivity contribution in [2.24, 2.45) is 0 Å². The smallest absolute Gasteiger partial charge is 0.399 e. The molecule has 44 heavy (non-hydrogen) atoms. The Kier molecular flexibility index (Phi) is 6.20. The highest BCUT2D eigenvalue weighted by Crippen LogP contribution is 2.50. The molecule has 0 spiro atoms. The quantitative estimate of drug-likeness (QED) is 0.196. The Hall–Kier alpha value is -4.44. The molecular weight excluding hydrogens is 535 g/mol. The minimum Gasteiger partial charge on any atom is -0.399 e. The van der Waals surface area contributed by atoms with Crippen molar-refractivity contribution in [1.82, 2.24) is 0 Å². The Bertz CT molecular complexity index is 1980. The zero-order valence-electron chi connectivity index (χ0n) is 25.7.